The van der Waals surface area contributed by atoms with E-state index in [2.05, 4.69) is 0 Å². The summed E-state index contributed by atoms with van der Waals surface area (Å²) in [4.78, 5) is 24.2. The molecule has 3 aromatic rings. The van der Waals surface area contributed by atoms with Crippen LogP contribution < -0.4 is 9.04 Å². The topological polar surface area (TPSA) is 90.0 Å². The number of rotatable bonds is 9. The number of ketones is 1. The molecule has 0 amide bonds. The van der Waals surface area contributed by atoms with Crippen molar-refractivity contribution in [1.29, 1.82) is 0 Å². The van der Waals surface area contributed by atoms with Crippen LogP contribution in [-0.2, 0) is 19.6 Å². The largest absolute Gasteiger partial charge is 0.482 e. The van der Waals surface area contributed by atoms with E-state index >= 15 is 0 Å². The number of thiophene rings is 1. The molecule has 7 nitrogen and oxygen atoms in total. The first-order valence-corrected chi connectivity index (χ1v) is 11.9. The Morgan fingerprint density at radius 2 is 1.76 bits per heavy atom. The predicted molar refractivity (Wildman–Crippen MR) is 118 cm³/mol. The van der Waals surface area contributed by atoms with Gasteiger partial charge < -0.3 is 9.47 Å². The molecular formula is C22H19F2NO6S2. The number of Topliss-reactive ketones (excluding diaryl/α,β-unsaturated/α-hetero) is 1. The van der Waals surface area contributed by atoms with Gasteiger partial charge in [0.05, 0.1) is 5.69 Å². The van der Waals surface area contributed by atoms with Crippen molar-refractivity contribution >= 4 is 38.8 Å². The Morgan fingerprint density at radius 3 is 2.36 bits per heavy atom. The number of halogens is 2. The van der Waals surface area contributed by atoms with Crippen LogP contribution in [0.25, 0.3) is 0 Å². The number of sulfonamides is 1. The van der Waals surface area contributed by atoms with Gasteiger partial charge in [0, 0.05) is 12.6 Å². The van der Waals surface area contributed by atoms with Crippen molar-refractivity contribution in [2.75, 3.05) is 18.0 Å². The molecule has 0 bridgehead atoms. The average molecular weight is 496 g/mol. The molecule has 0 spiro atoms. The number of carbonyl (C=O) groups is 2. The van der Waals surface area contributed by atoms with Crippen molar-refractivity contribution in [3.8, 4) is 5.75 Å². The second-order valence-corrected chi connectivity index (χ2v) is 9.96. The highest BCUT2D eigenvalue weighted by Gasteiger charge is 2.23. The van der Waals surface area contributed by atoms with Crippen LogP contribution >= 0.6 is 11.3 Å². The fourth-order valence-electron chi connectivity index (χ4n) is 2.75. The predicted octanol–water partition coefficient (Wildman–Crippen LogP) is 4.04. The number of esters is 1. The molecule has 1 heterocycles. The van der Waals surface area contributed by atoms with E-state index in [-0.39, 0.29) is 15.5 Å². The minimum atomic E-state index is -3.68. The molecule has 0 saturated heterocycles. The fraction of sp³-hybridized carbons (Fsp3) is 0.182. The maximum atomic E-state index is 13.3. The second-order valence-electron chi connectivity index (χ2n) is 6.81. The molecule has 1 aromatic heterocycles. The molecule has 2 aromatic carbocycles. The summed E-state index contributed by atoms with van der Waals surface area (Å²) in [6, 6.07) is 11.8. The van der Waals surface area contributed by atoms with E-state index in [1.807, 2.05) is 0 Å². The van der Waals surface area contributed by atoms with Crippen LogP contribution in [-0.4, -0.2) is 39.9 Å². The lowest BCUT2D eigenvalue weighted by atomic mass is 10.1. The van der Waals surface area contributed by atoms with Gasteiger partial charge in [-0.15, -0.1) is 11.3 Å². The van der Waals surface area contributed by atoms with Crippen molar-refractivity contribution in [2.24, 2.45) is 0 Å². The van der Waals surface area contributed by atoms with Gasteiger partial charge in [0.25, 0.3) is 10.0 Å². The summed E-state index contributed by atoms with van der Waals surface area (Å²) in [5.41, 5.74) is 0.261. The SMILES string of the molecule is C[C@@H](OC(=O)COc1ccc(N(C)S(=O)(=O)c2cccs2)cc1)C(=O)c1ccc(F)c(F)c1. The van der Waals surface area contributed by atoms with Gasteiger partial charge in [-0.05, 0) is 60.8 Å². The highest BCUT2D eigenvalue weighted by Crippen LogP contribution is 2.26. The zero-order valence-electron chi connectivity index (χ0n) is 17.5. The van der Waals surface area contributed by atoms with Crippen LogP contribution in [0.15, 0.2) is 64.2 Å². The molecule has 0 aliphatic carbocycles. The summed E-state index contributed by atoms with van der Waals surface area (Å²) < 4.78 is 63.1. The van der Waals surface area contributed by atoms with E-state index in [1.165, 1.54) is 44.3 Å². The molecule has 11 heteroatoms. The summed E-state index contributed by atoms with van der Waals surface area (Å²) in [5.74, 6) is -3.54. The van der Waals surface area contributed by atoms with Gasteiger partial charge in [0.2, 0.25) is 5.78 Å². The number of nitrogens with zero attached hydrogens (tertiary/aromatic N) is 1. The Kier molecular flexibility index (Phi) is 7.44. The van der Waals surface area contributed by atoms with Gasteiger partial charge in [-0.2, -0.15) is 0 Å². The van der Waals surface area contributed by atoms with Crippen LogP contribution in [0, 0.1) is 11.6 Å². The Morgan fingerprint density at radius 1 is 1.06 bits per heavy atom. The number of benzene rings is 2. The molecule has 1 atom stereocenters. The first-order valence-electron chi connectivity index (χ1n) is 9.53. The van der Waals surface area contributed by atoms with Crippen molar-refractivity contribution in [2.45, 2.75) is 17.2 Å². The number of carbonyl (C=O) groups excluding carboxylic acids is 2. The van der Waals surface area contributed by atoms with Gasteiger partial charge in [-0.25, -0.2) is 22.0 Å². The van der Waals surface area contributed by atoms with Crippen molar-refractivity contribution in [3.05, 3.63) is 77.2 Å². The quantitative estimate of drug-likeness (QED) is 0.329. The van der Waals surface area contributed by atoms with E-state index in [9.17, 15) is 26.8 Å². The van der Waals surface area contributed by atoms with E-state index in [4.69, 9.17) is 9.47 Å². The van der Waals surface area contributed by atoms with Crippen LogP contribution in [0.5, 0.6) is 5.75 Å². The van der Waals surface area contributed by atoms with Crippen LogP contribution in [0.4, 0.5) is 14.5 Å². The molecule has 3 rings (SSSR count). The van der Waals surface area contributed by atoms with E-state index in [0.29, 0.717) is 5.69 Å². The third-order valence-corrected chi connectivity index (χ3v) is 7.71. The maximum Gasteiger partial charge on any atom is 0.344 e. The van der Waals surface area contributed by atoms with Crippen molar-refractivity contribution in [1.82, 2.24) is 0 Å². The normalized spacial score (nSPS) is 12.1. The highest BCUT2D eigenvalue weighted by molar-refractivity contribution is 7.94. The zero-order chi connectivity index (χ0) is 24.2. The third kappa shape index (κ3) is 5.74. The lowest BCUT2D eigenvalue weighted by Crippen LogP contribution is -2.27. The van der Waals surface area contributed by atoms with Gasteiger partial charge in [-0.3, -0.25) is 9.10 Å². The van der Waals surface area contributed by atoms with Crippen molar-refractivity contribution < 1.29 is 36.3 Å². The molecule has 0 fully saturated rings. The first-order chi connectivity index (χ1) is 15.6. The van der Waals surface area contributed by atoms with E-state index in [0.717, 1.165) is 33.8 Å². The molecule has 0 aliphatic heterocycles. The monoisotopic (exact) mass is 495 g/mol. The fourth-order valence-corrected chi connectivity index (χ4v) is 5.10. The Labute approximate surface area is 193 Å². The van der Waals surface area contributed by atoms with Crippen molar-refractivity contribution in [3.63, 3.8) is 0 Å². The lowest BCUT2D eigenvalue weighted by Gasteiger charge is -2.18. The number of hydrogen-bond donors (Lipinski definition) is 0. The maximum absolute atomic E-state index is 13.3. The number of anilines is 1. The molecular weight excluding hydrogens is 476 g/mol. The Bertz CT molecular complexity index is 1240. The Hall–Kier alpha value is -3.31. The molecule has 33 heavy (non-hydrogen) atoms. The molecule has 0 N–H and O–H groups in total. The lowest BCUT2D eigenvalue weighted by molar-refractivity contribution is -0.148. The number of ether oxygens (including phenoxy) is 2. The van der Waals surface area contributed by atoms with Gasteiger partial charge in [0.15, 0.2) is 24.3 Å². The summed E-state index contributed by atoms with van der Waals surface area (Å²) in [7, 11) is -2.25. The van der Waals surface area contributed by atoms with E-state index < -0.39 is 46.1 Å². The standard InChI is InChI=1S/C22H19F2NO6S2/c1-14(22(27)15-5-10-18(23)19(24)12-15)31-20(26)13-30-17-8-6-16(7-9-17)25(2)33(28,29)21-4-3-11-32-21/h3-12,14H,13H2,1-2H3/t14-/m1/s1. The second kappa shape index (κ2) is 10.1. The molecule has 0 radical (unpaired) electrons. The van der Waals surface area contributed by atoms with Gasteiger partial charge in [-0.1, -0.05) is 6.07 Å². The van der Waals surface area contributed by atoms with Crippen LogP contribution in [0.3, 0.4) is 0 Å². The summed E-state index contributed by atoms with van der Waals surface area (Å²) >= 11 is 1.11. The Balaban J connectivity index is 1.55. The molecule has 0 aliphatic rings. The third-order valence-electron chi connectivity index (χ3n) is 4.55. The van der Waals surface area contributed by atoms with Gasteiger partial charge in [0.1, 0.15) is 9.96 Å². The molecule has 174 valence electrons. The molecule has 0 unspecified atom stereocenters. The average Bonchev–Trinajstić information content (AvgIpc) is 3.35. The van der Waals surface area contributed by atoms with Crippen LogP contribution in [0.1, 0.15) is 17.3 Å². The summed E-state index contributed by atoms with van der Waals surface area (Å²) in [6.45, 7) is 0.790. The zero-order valence-corrected chi connectivity index (χ0v) is 19.2. The minimum Gasteiger partial charge on any atom is -0.482 e. The summed E-state index contributed by atoms with van der Waals surface area (Å²) in [5, 5.41) is 1.67. The number of hydrogen-bond acceptors (Lipinski definition) is 7. The highest BCUT2D eigenvalue weighted by atomic mass is 32.2. The van der Waals surface area contributed by atoms with Gasteiger partial charge >= 0.3 is 5.97 Å². The van der Waals surface area contributed by atoms with Crippen LogP contribution in [0.2, 0.25) is 0 Å². The summed E-state index contributed by atoms with van der Waals surface area (Å²) in [6.07, 6.45) is -1.23. The first kappa shape index (κ1) is 24.3. The minimum absolute atomic E-state index is 0.132. The van der Waals surface area contributed by atoms with E-state index in [1.54, 1.807) is 11.4 Å². The smallest absolute Gasteiger partial charge is 0.344 e. The molecule has 0 saturated carbocycles.